The van der Waals surface area contributed by atoms with E-state index in [0.717, 1.165) is 0 Å². The van der Waals surface area contributed by atoms with Crippen molar-refractivity contribution in [1.82, 2.24) is 0 Å². The van der Waals surface area contributed by atoms with Crippen LogP contribution in [0.5, 0.6) is 0 Å². The average molecular weight is 318 g/mol. The SMILES string of the molecule is COC(=O)c1c(Cl)c2cccc(Br)c2oc1=O. The van der Waals surface area contributed by atoms with E-state index in [2.05, 4.69) is 20.7 Å². The third kappa shape index (κ3) is 1.96. The Kier molecular flexibility index (Phi) is 3.22. The molecule has 0 aliphatic heterocycles. The largest absolute Gasteiger partial charge is 0.465 e. The number of rotatable bonds is 1. The van der Waals surface area contributed by atoms with E-state index in [1.807, 2.05) is 0 Å². The summed E-state index contributed by atoms with van der Waals surface area (Å²) in [5, 5.41) is 0.505. The smallest absolute Gasteiger partial charge is 0.352 e. The number of esters is 1. The van der Waals surface area contributed by atoms with Gasteiger partial charge >= 0.3 is 11.6 Å². The van der Waals surface area contributed by atoms with Crippen molar-refractivity contribution >= 4 is 44.5 Å². The van der Waals surface area contributed by atoms with E-state index < -0.39 is 11.6 Å². The second-order valence-corrected chi connectivity index (χ2v) is 4.42. The van der Waals surface area contributed by atoms with E-state index in [0.29, 0.717) is 15.4 Å². The fraction of sp³-hybridized carbons (Fsp3) is 0.0909. The molecule has 2 aromatic rings. The number of fused-ring (bicyclic) bond motifs is 1. The van der Waals surface area contributed by atoms with Crippen LogP contribution in [0.3, 0.4) is 0 Å². The quantitative estimate of drug-likeness (QED) is 0.599. The van der Waals surface area contributed by atoms with Gasteiger partial charge in [-0.15, -0.1) is 0 Å². The van der Waals surface area contributed by atoms with Crippen molar-refractivity contribution in [2.75, 3.05) is 7.11 Å². The highest BCUT2D eigenvalue weighted by atomic mass is 79.9. The first-order chi connectivity index (χ1) is 8.06. The summed E-state index contributed by atoms with van der Waals surface area (Å²) in [5.74, 6) is -0.814. The van der Waals surface area contributed by atoms with Gasteiger partial charge in [0.1, 0.15) is 0 Å². The lowest BCUT2D eigenvalue weighted by atomic mass is 10.2. The van der Waals surface area contributed by atoms with E-state index in [4.69, 9.17) is 16.0 Å². The van der Waals surface area contributed by atoms with Crippen molar-refractivity contribution in [2.24, 2.45) is 0 Å². The van der Waals surface area contributed by atoms with E-state index in [9.17, 15) is 9.59 Å². The maximum Gasteiger partial charge on any atom is 0.352 e. The molecule has 0 aliphatic carbocycles. The molecule has 0 saturated heterocycles. The molecule has 0 unspecified atom stereocenters. The predicted molar refractivity (Wildman–Crippen MR) is 66.5 cm³/mol. The first-order valence-corrected chi connectivity index (χ1v) is 5.72. The maximum atomic E-state index is 11.6. The molecule has 0 amide bonds. The van der Waals surface area contributed by atoms with Gasteiger partial charge in [0.2, 0.25) is 0 Å². The molecular formula is C11H6BrClO4. The van der Waals surface area contributed by atoms with Crippen molar-refractivity contribution in [3.05, 3.63) is 43.7 Å². The molecule has 0 radical (unpaired) electrons. The summed E-state index contributed by atoms with van der Waals surface area (Å²) >= 11 is 9.25. The molecule has 1 aromatic carbocycles. The number of carbonyl (C=O) groups excluding carboxylic acids is 1. The molecule has 17 heavy (non-hydrogen) atoms. The van der Waals surface area contributed by atoms with Crippen LogP contribution in [0.1, 0.15) is 10.4 Å². The third-order valence-electron chi connectivity index (χ3n) is 2.21. The molecule has 4 nitrogen and oxygen atoms in total. The van der Waals surface area contributed by atoms with Crippen LogP contribution in [0.25, 0.3) is 11.0 Å². The van der Waals surface area contributed by atoms with Gasteiger partial charge in [-0.05, 0) is 28.1 Å². The van der Waals surface area contributed by atoms with E-state index in [1.54, 1.807) is 18.2 Å². The lowest BCUT2D eigenvalue weighted by Crippen LogP contribution is -2.16. The molecule has 0 bridgehead atoms. The minimum absolute atomic E-state index is 0.0319. The second-order valence-electron chi connectivity index (χ2n) is 3.19. The standard InChI is InChI=1S/C11H6BrClO4/c1-16-10(14)7-8(13)5-3-2-4-6(12)9(5)17-11(7)15/h2-4H,1H3. The predicted octanol–water partition coefficient (Wildman–Crippen LogP) is 3.00. The van der Waals surface area contributed by atoms with Gasteiger partial charge in [0, 0.05) is 5.39 Å². The molecule has 0 aliphatic rings. The number of hydrogen-bond acceptors (Lipinski definition) is 4. The third-order valence-corrected chi connectivity index (χ3v) is 3.23. The summed E-state index contributed by atoms with van der Waals surface area (Å²) in [4.78, 5) is 23.0. The summed E-state index contributed by atoms with van der Waals surface area (Å²) in [6, 6.07) is 5.08. The maximum absolute atomic E-state index is 11.6. The van der Waals surface area contributed by atoms with Crippen LogP contribution in [-0.4, -0.2) is 13.1 Å². The summed E-state index contributed by atoms with van der Waals surface area (Å²) < 4.78 is 10.1. The molecule has 0 saturated carbocycles. The number of hydrogen-bond donors (Lipinski definition) is 0. The average Bonchev–Trinajstić information content (AvgIpc) is 2.30. The van der Waals surface area contributed by atoms with Crippen molar-refractivity contribution in [3.8, 4) is 0 Å². The summed E-state index contributed by atoms with van der Waals surface area (Å²) in [5.41, 5.74) is -0.809. The monoisotopic (exact) mass is 316 g/mol. The van der Waals surface area contributed by atoms with Crippen molar-refractivity contribution in [1.29, 1.82) is 0 Å². The zero-order valence-electron chi connectivity index (χ0n) is 8.62. The van der Waals surface area contributed by atoms with Gasteiger partial charge in [-0.2, -0.15) is 0 Å². The highest BCUT2D eigenvalue weighted by molar-refractivity contribution is 9.10. The Bertz CT molecular complexity index is 662. The van der Waals surface area contributed by atoms with Crippen LogP contribution < -0.4 is 5.63 Å². The van der Waals surface area contributed by atoms with Crippen molar-refractivity contribution in [2.45, 2.75) is 0 Å². The second kappa shape index (κ2) is 4.50. The molecule has 0 fully saturated rings. The van der Waals surface area contributed by atoms with Gasteiger partial charge in [0.25, 0.3) is 0 Å². The number of carbonyl (C=O) groups is 1. The molecule has 0 N–H and O–H groups in total. The number of ether oxygens (including phenoxy) is 1. The highest BCUT2D eigenvalue weighted by Crippen LogP contribution is 2.29. The van der Waals surface area contributed by atoms with Crippen LogP contribution in [0, 0.1) is 0 Å². The normalized spacial score (nSPS) is 10.5. The first kappa shape index (κ1) is 12.1. The molecule has 0 spiro atoms. The van der Waals surface area contributed by atoms with Gasteiger partial charge in [0.05, 0.1) is 16.6 Å². The number of para-hydroxylation sites is 1. The van der Waals surface area contributed by atoms with E-state index in [-0.39, 0.29) is 10.6 Å². The Balaban J connectivity index is 2.91. The molecule has 2 rings (SSSR count). The zero-order valence-corrected chi connectivity index (χ0v) is 11.0. The van der Waals surface area contributed by atoms with Crippen LogP contribution in [0.15, 0.2) is 31.9 Å². The molecule has 88 valence electrons. The molecule has 1 aromatic heterocycles. The van der Waals surface area contributed by atoms with E-state index >= 15 is 0 Å². The minimum Gasteiger partial charge on any atom is -0.465 e. The molecule has 1 heterocycles. The van der Waals surface area contributed by atoms with Gasteiger partial charge < -0.3 is 9.15 Å². The van der Waals surface area contributed by atoms with Gasteiger partial charge in [-0.3, -0.25) is 0 Å². The molecule has 6 heteroatoms. The Hall–Kier alpha value is -1.33. The van der Waals surface area contributed by atoms with Crippen molar-refractivity contribution < 1.29 is 13.9 Å². The summed E-state index contributed by atoms with van der Waals surface area (Å²) in [6.45, 7) is 0. The number of halogens is 2. The van der Waals surface area contributed by atoms with Gasteiger partial charge in [0.15, 0.2) is 11.1 Å². The Morgan fingerprint density at radius 1 is 1.47 bits per heavy atom. The first-order valence-electron chi connectivity index (χ1n) is 4.55. The Morgan fingerprint density at radius 3 is 2.82 bits per heavy atom. The number of benzene rings is 1. The summed E-state index contributed by atoms with van der Waals surface area (Å²) in [6.07, 6.45) is 0. The topological polar surface area (TPSA) is 56.5 Å². The minimum atomic E-state index is -0.818. The molecular weight excluding hydrogens is 311 g/mol. The fourth-order valence-electron chi connectivity index (χ4n) is 1.43. The Morgan fingerprint density at radius 2 is 2.18 bits per heavy atom. The van der Waals surface area contributed by atoms with Crippen LogP contribution in [0.2, 0.25) is 5.02 Å². The van der Waals surface area contributed by atoms with Crippen molar-refractivity contribution in [3.63, 3.8) is 0 Å². The van der Waals surface area contributed by atoms with Crippen LogP contribution in [0.4, 0.5) is 0 Å². The van der Waals surface area contributed by atoms with Gasteiger partial charge in [-0.25, -0.2) is 9.59 Å². The zero-order chi connectivity index (χ0) is 12.6. The van der Waals surface area contributed by atoms with E-state index in [1.165, 1.54) is 7.11 Å². The Labute approximate surface area is 109 Å². The summed E-state index contributed by atoms with van der Waals surface area (Å²) in [7, 11) is 1.17. The van der Waals surface area contributed by atoms with Gasteiger partial charge in [-0.1, -0.05) is 17.7 Å². The van der Waals surface area contributed by atoms with Crippen LogP contribution >= 0.6 is 27.5 Å². The lowest BCUT2D eigenvalue weighted by Gasteiger charge is -2.05. The highest BCUT2D eigenvalue weighted by Gasteiger charge is 2.21. The lowest BCUT2D eigenvalue weighted by molar-refractivity contribution is 0.0596. The molecule has 0 atom stereocenters. The van der Waals surface area contributed by atoms with Crippen LogP contribution in [-0.2, 0) is 4.74 Å². The number of methoxy groups -OCH3 is 1. The fourth-order valence-corrected chi connectivity index (χ4v) is 2.18.